The molecule has 2 aromatic heterocycles. The normalized spacial score (nSPS) is 12.5. The van der Waals surface area contributed by atoms with E-state index in [4.69, 9.17) is 9.26 Å². The van der Waals surface area contributed by atoms with E-state index in [9.17, 15) is 4.39 Å². The molecule has 0 aliphatic carbocycles. The van der Waals surface area contributed by atoms with Crippen LogP contribution < -0.4 is 4.74 Å². The maximum atomic E-state index is 14.3. The van der Waals surface area contributed by atoms with E-state index >= 15 is 0 Å². The third kappa shape index (κ3) is 3.16. The number of nitrogens with one attached hydrogen (secondary N) is 1. The molecule has 0 aliphatic rings. The van der Waals surface area contributed by atoms with Gasteiger partial charge in [0.15, 0.2) is 0 Å². The molecule has 126 valence electrons. The smallest absolute Gasteiger partial charge is 0.136 e. The van der Waals surface area contributed by atoms with Gasteiger partial charge in [-0.25, -0.2) is 4.39 Å². The van der Waals surface area contributed by atoms with Gasteiger partial charge in [-0.15, -0.1) is 0 Å². The first-order valence-corrected chi connectivity index (χ1v) is 7.56. The van der Waals surface area contributed by atoms with Crippen molar-refractivity contribution in [3.05, 3.63) is 53.8 Å². The molecule has 0 aliphatic heterocycles. The lowest BCUT2D eigenvalue weighted by molar-refractivity contribution is 0.241. The predicted octanol–water partition coefficient (Wildman–Crippen LogP) is 3.41. The molecule has 0 radical (unpaired) electrons. The number of hydrogen-bond acceptors (Lipinski definition) is 5. The van der Waals surface area contributed by atoms with E-state index in [-0.39, 0.29) is 11.9 Å². The second-order valence-electron chi connectivity index (χ2n) is 5.63. The summed E-state index contributed by atoms with van der Waals surface area (Å²) in [5.74, 6) is 0.126. The Morgan fingerprint density at radius 2 is 2.21 bits per heavy atom. The maximum absolute atomic E-state index is 14.3. The van der Waals surface area contributed by atoms with Gasteiger partial charge in [0, 0.05) is 29.8 Å². The zero-order chi connectivity index (χ0) is 17.1. The molecule has 7 heteroatoms. The van der Waals surface area contributed by atoms with Gasteiger partial charge in [-0.3, -0.25) is 10.00 Å². The van der Waals surface area contributed by atoms with Crippen molar-refractivity contribution in [2.24, 2.45) is 0 Å². The lowest BCUT2D eigenvalue weighted by atomic mass is 10.1. The van der Waals surface area contributed by atoms with E-state index in [2.05, 4.69) is 20.3 Å². The molecule has 0 saturated carbocycles. The quantitative estimate of drug-likeness (QED) is 0.750. The van der Waals surface area contributed by atoms with E-state index in [0.717, 1.165) is 11.3 Å². The van der Waals surface area contributed by atoms with Crippen LogP contribution in [0.5, 0.6) is 5.75 Å². The molecule has 0 fully saturated rings. The van der Waals surface area contributed by atoms with Crippen molar-refractivity contribution >= 4 is 0 Å². The van der Waals surface area contributed by atoms with Crippen LogP contribution in [0.2, 0.25) is 0 Å². The Labute approximate surface area is 139 Å². The summed E-state index contributed by atoms with van der Waals surface area (Å²) in [6, 6.07) is 6.67. The second kappa shape index (κ2) is 6.84. The van der Waals surface area contributed by atoms with Crippen molar-refractivity contribution < 1.29 is 13.7 Å². The zero-order valence-corrected chi connectivity index (χ0v) is 13.8. The zero-order valence-electron chi connectivity index (χ0n) is 13.8. The summed E-state index contributed by atoms with van der Waals surface area (Å²) >= 11 is 0. The molecule has 3 aromatic rings. The van der Waals surface area contributed by atoms with Crippen LogP contribution in [0.25, 0.3) is 11.3 Å². The Balaban J connectivity index is 1.83. The van der Waals surface area contributed by atoms with Crippen LogP contribution >= 0.6 is 0 Å². The van der Waals surface area contributed by atoms with Crippen molar-refractivity contribution in [1.82, 2.24) is 20.3 Å². The summed E-state index contributed by atoms with van der Waals surface area (Å²) < 4.78 is 24.3. The molecule has 0 bridgehead atoms. The first-order chi connectivity index (χ1) is 11.6. The minimum Gasteiger partial charge on any atom is -0.497 e. The summed E-state index contributed by atoms with van der Waals surface area (Å²) in [6.07, 6.45) is 3.26. The number of hydrogen-bond donors (Lipinski definition) is 1. The van der Waals surface area contributed by atoms with Gasteiger partial charge in [0.05, 0.1) is 25.0 Å². The highest BCUT2D eigenvalue weighted by molar-refractivity contribution is 5.64. The molecular weight excluding hydrogens is 311 g/mol. The number of halogens is 1. The molecule has 0 amide bonds. The van der Waals surface area contributed by atoms with Crippen LogP contribution in [-0.2, 0) is 6.54 Å². The van der Waals surface area contributed by atoms with E-state index in [1.165, 1.54) is 13.2 Å². The number of nitrogens with zero attached hydrogens (tertiary/aromatic N) is 3. The predicted molar refractivity (Wildman–Crippen MR) is 86.9 cm³/mol. The molecule has 6 nitrogen and oxygen atoms in total. The summed E-state index contributed by atoms with van der Waals surface area (Å²) in [7, 11) is 3.48. The van der Waals surface area contributed by atoms with Gasteiger partial charge in [-0.2, -0.15) is 5.10 Å². The molecule has 3 rings (SSSR count). The van der Waals surface area contributed by atoms with Crippen molar-refractivity contribution in [2.75, 3.05) is 14.2 Å². The molecule has 2 heterocycles. The summed E-state index contributed by atoms with van der Waals surface area (Å²) in [5, 5.41) is 10.9. The lowest BCUT2D eigenvalue weighted by Crippen LogP contribution is -2.22. The number of aromatic amines is 1. The van der Waals surface area contributed by atoms with E-state index in [1.54, 1.807) is 24.6 Å². The van der Waals surface area contributed by atoms with Gasteiger partial charge in [0.25, 0.3) is 0 Å². The fourth-order valence-electron chi connectivity index (χ4n) is 2.56. The highest BCUT2D eigenvalue weighted by Gasteiger charge is 2.19. The Morgan fingerprint density at radius 3 is 2.88 bits per heavy atom. The number of H-pyrrole nitrogens is 1. The molecule has 0 saturated heterocycles. The number of ether oxygens (including phenoxy) is 1. The molecule has 1 aromatic carbocycles. The third-order valence-electron chi connectivity index (χ3n) is 4.13. The van der Waals surface area contributed by atoms with Gasteiger partial charge in [0.2, 0.25) is 0 Å². The molecule has 1 atom stereocenters. The minimum absolute atomic E-state index is 0.0622. The SMILES string of the molecule is COc1ccc(-c2[nH]ncc2CN(C)C(C)c2ccon2)c(F)c1. The van der Waals surface area contributed by atoms with Crippen molar-refractivity contribution in [2.45, 2.75) is 19.5 Å². The maximum Gasteiger partial charge on any atom is 0.136 e. The topological polar surface area (TPSA) is 67.2 Å². The van der Waals surface area contributed by atoms with E-state index < -0.39 is 0 Å². The average molecular weight is 330 g/mol. The standard InChI is InChI=1S/C17H19FN4O2/c1-11(16-6-7-24-21-16)22(2)10-12-9-19-20-17(12)14-5-4-13(23-3)8-15(14)18/h4-9,11H,10H2,1-3H3,(H,19,20). The monoisotopic (exact) mass is 330 g/mol. The highest BCUT2D eigenvalue weighted by atomic mass is 19.1. The van der Waals surface area contributed by atoms with E-state index in [1.807, 2.05) is 20.0 Å². The largest absolute Gasteiger partial charge is 0.497 e. The fourth-order valence-corrected chi connectivity index (χ4v) is 2.56. The first kappa shape index (κ1) is 16.2. The lowest BCUT2D eigenvalue weighted by Gasteiger charge is -2.22. The van der Waals surface area contributed by atoms with Crippen LogP contribution in [-0.4, -0.2) is 34.4 Å². The van der Waals surface area contributed by atoms with Crippen molar-refractivity contribution in [3.8, 4) is 17.0 Å². The Morgan fingerprint density at radius 1 is 1.38 bits per heavy atom. The summed E-state index contributed by atoms with van der Waals surface area (Å²) in [6.45, 7) is 2.62. The van der Waals surface area contributed by atoms with Gasteiger partial charge in [-0.1, -0.05) is 5.16 Å². The third-order valence-corrected chi connectivity index (χ3v) is 4.13. The number of methoxy groups -OCH3 is 1. The van der Waals surface area contributed by atoms with E-state index in [0.29, 0.717) is 23.6 Å². The molecule has 24 heavy (non-hydrogen) atoms. The number of aromatic nitrogens is 3. The Bertz CT molecular complexity index is 801. The average Bonchev–Trinajstić information content (AvgIpc) is 3.25. The fraction of sp³-hybridized carbons (Fsp3) is 0.294. The number of benzene rings is 1. The van der Waals surface area contributed by atoms with Crippen LogP contribution in [0.1, 0.15) is 24.2 Å². The molecule has 1 N–H and O–H groups in total. The Kier molecular flexibility index (Phi) is 4.61. The van der Waals surface area contributed by atoms with Gasteiger partial charge >= 0.3 is 0 Å². The number of rotatable bonds is 6. The van der Waals surface area contributed by atoms with Crippen LogP contribution in [0.4, 0.5) is 4.39 Å². The van der Waals surface area contributed by atoms with Crippen molar-refractivity contribution in [1.29, 1.82) is 0 Å². The first-order valence-electron chi connectivity index (χ1n) is 7.56. The molecule has 1 unspecified atom stereocenters. The molecule has 0 spiro atoms. The van der Waals surface area contributed by atoms with Crippen LogP contribution in [0, 0.1) is 5.82 Å². The molecular formula is C17H19FN4O2. The van der Waals surface area contributed by atoms with Crippen LogP contribution in [0.3, 0.4) is 0 Å². The summed E-state index contributed by atoms with van der Waals surface area (Å²) in [4.78, 5) is 2.09. The van der Waals surface area contributed by atoms with Gasteiger partial charge in [0.1, 0.15) is 23.5 Å². The minimum atomic E-state index is -0.355. The summed E-state index contributed by atoms with van der Waals surface area (Å²) in [5.41, 5.74) is 2.87. The second-order valence-corrected chi connectivity index (χ2v) is 5.63. The van der Waals surface area contributed by atoms with Crippen molar-refractivity contribution in [3.63, 3.8) is 0 Å². The van der Waals surface area contributed by atoms with Gasteiger partial charge in [-0.05, 0) is 26.1 Å². The Hall–Kier alpha value is -2.67. The highest BCUT2D eigenvalue weighted by Crippen LogP contribution is 2.29. The van der Waals surface area contributed by atoms with Gasteiger partial charge < -0.3 is 9.26 Å². The van der Waals surface area contributed by atoms with Crippen LogP contribution in [0.15, 0.2) is 41.2 Å².